The van der Waals surface area contributed by atoms with Crippen molar-refractivity contribution in [1.82, 2.24) is 39.4 Å². The smallest absolute Gasteiger partial charge is 0.246 e. The molecule has 1 N–H and O–H groups in total. The first-order valence-corrected chi connectivity index (χ1v) is 13.0. The molecule has 5 heterocycles. The van der Waals surface area contributed by atoms with Gasteiger partial charge in [0.15, 0.2) is 17.3 Å². The SMILES string of the molecule is C=CC(=O)N1CCN(c2ncc3ncnc(Nc4ccc(Oc5ccn6ncnc6c5)c(C)c4F)c3n2)C(C)C1C. The molecule has 1 fully saturated rings. The van der Waals surface area contributed by atoms with Crippen LogP contribution < -0.4 is 15.0 Å². The van der Waals surface area contributed by atoms with E-state index in [0.29, 0.717) is 58.6 Å². The Bertz CT molecular complexity index is 1790. The predicted octanol–water partition coefficient (Wildman–Crippen LogP) is 4.06. The molecule has 0 saturated carbocycles. The number of anilines is 3. The summed E-state index contributed by atoms with van der Waals surface area (Å²) < 4.78 is 23.1. The van der Waals surface area contributed by atoms with E-state index in [1.807, 2.05) is 18.7 Å². The fourth-order valence-corrected chi connectivity index (χ4v) is 4.92. The number of piperazine rings is 1. The second kappa shape index (κ2) is 10.4. The van der Waals surface area contributed by atoms with Gasteiger partial charge >= 0.3 is 0 Å². The molecule has 41 heavy (non-hydrogen) atoms. The van der Waals surface area contributed by atoms with Crippen molar-refractivity contribution in [3.8, 4) is 11.5 Å². The van der Waals surface area contributed by atoms with E-state index in [1.165, 1.54) is 18.7 Å². The first kappa shape index (κ1) is 26.0. The van der Waals surface area contributed by atoms with E-state index in [4.69, 9.17) is 9.72 Å². The van der Waals surface area contributed by atoms with Crippen LogP contribution in [0.25, 0.3) is 16.7 Å². The number of carbonyl (C=O) groups is 1. The number of rotatable bonds is 6. The number of nitrogens with one attached hydrogen (secondary N) is 1. The molecule has 1 amide bonds. The lowest BCUT2D eigenvalue weighted by Gasteiger charge is -2.44. The Morgan fingerprint density at radius 2 is 1.98 bits per heavy atom. The van der Waals surface area contributed by atoms with Gasteiger partial charge in [-0.1, -0.05) is 6.58 Å². The van der Waals surface area contributed by atoms with E-state index in [9.17, 15) is 4.79 Å². The third-order valence-electron chi connectivity index (χ3n) is 7.41. The maximum Gasteiger partial charge on any atom is 0.246 e. The highest BCUT2D eigenvalue weighted by molar-refractivity contribution is 5.88. The van der Waals surface area contributed by atoms with Gasteiger partial charge in [-0.05, 0) is 45.0 Å². The maximum absolute atomic E-state index is 15.6. The molecule has 1 aromatic carbocycles. The van der Waals surface area contributed by atoms with Crippen molar-refractivity contribution < 1.29 is 13.9 Å². The third-order valence-corrected chi connectivity index (χ3v) is 7.41. The molecule has 0 radical (unpaired) electrons. The fraction of sp³-hybridized carbons (Fsp3) is 0.250. The van der Waals surface area contributed by atoms with Crippen LogP contribution in [0.15, 0.2) is 62.0 Å². The zero-order valence-corrected chi connectivity index (χ0v) is 22.7. The number of amides is 1. The zero-order valence-electron chi connectivity index (χ0n) is 22.7. The van der Waals surface area contributed by atoms with Gasteiger partial charge in [0, 0.05) is 43.0 Å². The lowest BCUT2D eigenvalue weighted by molar-refractivity contribution is -0.129. The number of benzene rings is 1. The van der Waals surface area contributed by atoms with Crippen LogP contribution in [0.1, 0.15) is 19.4 Å². The van der Waals surface area contributed by atoms with Gasteiger partial charge in [0.1, 0.15) is 35.2 Å². The van der Waals surface area contributed by atoms with Gasteiger partial charge in [0.05, 0.1) is 11.9 Å². The van der Waals surface area contributed by atoms with Gasteiger partial charge in [-0.2, -0.15) is 5.10 Å². The number of hydrogen-bond acceptors (Lipinski definition) is 10. The molecular weight excluding hydrogens is 527 g/mol. The molecule has 6 rings (SSSR count). The Morgan fingerprint density at radius 3 is 2.80 bits per heavy atom. The van der Waals surface area contributed by atoms with Crippen molar-refractivity contribution in [1.29, 1.82) is 0 Å². The van der Waals surface area contributed by atoms with Crippen molar-refractivity contribution in [2.75, 3.05) is 23.3 Å². The normalized spacial score (nSPS) is 17.2. The quantitative estimate of drug-likeness (QED) is 0.307. The number of pyridine rings is 1. The summed E-state index contributed by atoms with van der Waals surface area (Å²) in [5.74, 6) is 1.10. The summed E-state index contributed by atoms with van der Waals surface area (Å²) in [6, 6.07) is 6.60. The van der Waals surface area contributed by atoms with Gasteiger partial charge in [-0.25, -0.2) is 33.8 Å². The minimum atomic E-state index is -0.488. The van der Waals surface area contributed by atoms with Crippen LogP contribution in [0.3, 0.4) is 0 Å². The summed E-state index contributed by atoms with van der Waals surface area (Å²) in [5.41, 5.74) is 2.10. The van der Waals surface area contributed by atoms with Gasteiger partial charge in [-0.15, -0.1) is 0 Å². The van der Waals surface area contributed by atoms with E-state index in [1.54, 1.807) is 53.0 Å². The first-order chi connectivity index (χ1) is 19.8. The van der Waals surface area contributed by atoms with Crippen LogP contribution in [0, 0.1) is 12.7 Å². The first-order valence-electron chi connectivity index (χ1n) is 13.0. The Balaban J connectivity index is 1.27. The average Bonchev–Trinajstić information content (AvgIpc) is 3.46. The van der Waals surface area contributed by atoms with Crippen molar-refractivity contribution in [2.24, 2.45) is 0 Å². The molecule has 0 bridgehead atoms. The van der Waals surface area contributed by atoms with E-state index in [-0.39, 0.29) is 23.7 Å². The third kappa shape index (κ3) is 4.75. The summed E-state index contributed by atoms with van der Waals surface area (Å²) in [6.07, 6.45) is 7.49. The number of halogens is 1. The average molecular weight is 555 g/mol. The monoisotopic (exact) mass is 554 g/mol. The Kier molecular flexibility index (Phi) is 6.61. The highest BCUT2D eigenvalue weighted by Crippen LogP contribution is 2.33. The molecule has 12 nitrogen and oxygen atoms in total. The van der Waals surface area contributed by atoms with Gasteiger partial charge < -0.3 is 19.9 Å². The van der Waals surface area contributed by atoms with E-state index < -0.39 is 5.82 Å². The summed E-state index contributed by atoms with van der Waals surface area (Å²) >= 11 is 0. The van der Waals surface area contributed by atoms with Gasteiger partial charge in [0.25, 0.3) is 0 Å². The van der Waals surface area contributed by atoms with Crippen LogP contribution in [-0.2, 0) is 4.79 Å². The highest BCUT2D eigenvalue weighted by Gasteiger charge is 2.34. The molecule has 4 aromatic heterocycles. The number of nitrogens with zero attached hydrogens (tertiary/aromatic N) is 9. The Hall–Kier alpha value is -5.20. The molecule has 1 saturated heterocycles. The van der Waals surface area contributed by atoms with Crippen LogP contribution in [0.5, 0.6) is 11.5 Å². The minimum absolute atomic E-state index is 0.0516. The number of hydrogen-bond donors (Lipinski definition) is 1. The predicted molar refractivity (Wildman–Crippen MR) is 151 cm³/mol. The molecule has 1 aliphatic heterocycles. The molecule has 208 valence electrons. The summed E-state index contributed by atoms with van der Waals surface area (Å²) in [7, 11) is 0. The maximum atomic E-state index is 15.6. The topological polar surface area (TPSA) is 127 Å². The molecule has 2 unspecified atom stereocenters. The molecule has 5 aromatic rings. The minimum Gasteiger partial charge on any atom is -0.457 e. The molecule has 2 atom stereocenters. The van der Waals surface area contributed by atoms with Crippen molar-refractivity contribution in [2.45, 2.75) is 32.9 Å². The lowest BCUT2D eigenvalue weighted by Crippen LogP contribution is -2.59. The van der Waals surface area contributed by atoms with E-state index in [2.05, 4.69) is 36.9 Å². The van der Waals surface area contributed by atoms with Crippen LogP contribution >= 0.6 is 0 Å². The highest BCUT2D eigenvalue weighted by atomic mass is 19.1. The second-order valence-corrected chi connectivity index (χ2v) is 9.74. The largest absolute Gasteiger partial charge is 0.457 e. The molecule has 1 aliphatic rings. The molecule has 13 heteroatoms. The second-order valence-electron chi connectivity index (χ2n) is 9.74. The molecular formula is C28H27FN10O2. The van der Waals surface area contributed by atoms with Crippen molar-refractivity contribution in [3.63, 3.8) is 0 Å². The molecule has 0 spiro atoms. The summed E-state index contributed by atoms with van der Waals surface area (Å²) in [4.78, 5) is 38.1. The zero-order chi connectivity index (χ0) is 28.7. The van der Waals surface area contributed by atoms with E-state index >= 15 is 4.39 Å². The Morgan fingerprint density at radius 1 is 1.12 bits per heavy atom. The standard InChI is InChI=1S/C28H27FN10O2/c1-5-24(40)37-10-11-38(18(4)17(37)3)28-30-13-21-26(36-28)27(33-14-31-21)35-20-6-7-22(16(2)25(20)29)41-19-8-9-39-23(12-19)32-15-34-39/h5-9,12-15,17-18H,1,10-11H2,2-4H3,(H,31,33,35). The fourth-order valence-electron chi connectivity index (χ4n) is 4.92. The van der Waals surface area contributed by atoms with Crippen molar-refractivity contribution in [3.05, 3.63) is 73.3 Å². The van der Waals surface area contributed by atoms with Crippen LogP contribution in [-0.4, -0.2) is 70.5 Å². The number of fused-ring (bicyclic) bond motifs is 2. The number of aromatic nitrogens is 7. The van der Waals surface area contributed by atoms with Crippen molar-refractivity contribution >= 4 is 40.0 Å². The summed E-state index contributed by atoms with van der Waals surface area (Å²) in [6.45, 7) is 10.3. The lowest BCUT2D eigenvalue weighted by atomic mass is 10.0. The van der Waals surface area contributed by atoms with Gasteiger partial charge in [-0.3, -0.25) is 4.79 Å². The van der Waals surface area contributed by atoms with Crippen LogP contribution in [0.2, 0.25) is 0 Å². The van der Waals surface area contributed by atoms with E-state index in [0.717, 1.165) is 0 Å². The Labute approximate surface area is 234 Å². The number of ether oxygens (including phenoxy) is 1. The van der Waals surface area contributed by atoms with Gasteiger partial charge in [0.2, 0.25) is 11.9 Å². The summed E-state index contributed by atoms with van der Waals surface area (Å²) in [5, 5.41) is 7.14. The number of carbonyl (C=O) groups excluding carboxylic acids is 1. The van der Waals surface area contributed by atoms with Crippen LogP contribution in [0.4, 0.5) is 21.8 Å². The molecule has 0 aliphatic carbocycles.